The van der Waals surface area contributed by atoms with E-state index in [0.717, 1.165) is 36.5 Å². The second kappa shape index (κ2) is 6.63. The number of fused-ring (bicyclic) bond motifs is 4. The van der Waals surface area contributed by atoms with Crippen molar-refractivity contribution in [2.75, 3.05) is 7.11 Å². The fourth-order valence-corrected chi connectivity index (χ4v) is 7.21. The van der Waals surface area contributed by atoms with Crippen LogP contribution in [0.3, 0.4) is 0 Å². The number of ether oxygens (including phenoxy) is 1. The van der Waals surface area contributed by atoms with Crippen molar-refractivity contribution in [2.45, 2.75) is 78.1 Å². The van der Waals surface area contributed by atoms with Crippen LogP contribution < -0.4 is 0 Å². The van der Waals surface area contributed by atoms with Gasteiger partial charge in [0, 0.05) is 6.42 Å². The Balaban J connectivity index is 1.55. The summed E-state index contributed by atoms with van der Waals surface area (Å²) in [6, 6.07) is 0. The van der Waals surface area contributed by atoms with Crippen LogP contribution in [0.1, 0.15) is 78.1 Å². The third-order valence-corrected chi connectivity index (χ3v) is 8.38. The molecule has 0 saturated heterocycles. The molecule has 0 heterocycles. The molecule has 138 valence electrons. The van der Waals surface area contributed by atoms with Crippen LogP contribution in [0.4, 0.5) is 0 Å². The fourth-order valence-electron chi connectivity index (χ4n) is 7.21. The fraction of sp³-hybridized carbons (Fsp3) is 0.750. The van der Waals surface area contributed by atoms with Crippen molar-refractivity contribution in [1.29, 1.82) is 0 Å². The molecule has 1 nitrogen and oxygen atoms in total. The van der Waals surface area contributed by atoms with Crippen LogP contribution in [0.2, 0.25) is 0 Å². The summed E-state index contributed by atoms with van der Waals surface area (Å²) in [4.78, 5) is 0. The lowest BCUT2D eigenvalue weighted by molar-refractivity contribution is 0.0221. The van der Waals surface area contributed by atoms with Gasteiger partial charge in [-0.05, 0) is 86.5 Å². The Morgan fingerprint density at radius 1 is 1.28 bits per heavy atom. The molecule has 0 aromatic carbocycles. The van der Waals surface area contributed by atoms with E-state index in [4.69, 9.17) is 4.74 Å². The first-order chi connectivity index (χ1) is 12.1. The minimum absolute atomic E-state index is 0.535. The van der Waals surface area contributed by atoms with Crippen molar-refractivity contribution in [2.24, 2.45) is 29.1 Å². The summed E-state index contributed by atoms with van der Waals surface area (Å²) in [5.41, 5.74) is 5.64. The maximum atomic E-state index is 5.54. The zero-order valence-corrected chi connectivity index (χ0v) is 16.6. The quantitative estimate of drug-likeness (QED) is 0.510. The van der Waals surface area contributed by atoms with Crippen molar-refractivity contribution in [3.8, 4) is 0 Å². The summed E-state index contributed by atoms with van der Waals surface area (Å²) < 4.78 is 5.54. The Morgan fingerprint density at radius 3 is 2.88 bits per heavy atom. The van der Waals surface area contributed by atoms with Crippen molar-refractivity contribution in [3.05, 3.63) is 35.1 Å². The van der Waals surface area contributed by atoms with Gasteiger partial charge in [0.15, 0.2) is 0 Å². The molecule has 0 radical (unpaired) electrons. The summed E-state index contributed by atoms with van der Waals surface area (Å²) in [6.07, 6.45) is 15.5. The number of rotatable bonds is 4. The Hall–Kier alpha value is -0.980. The smallest absolute Gasteiger partial charge is 0.0959 e. The van der Waals surface area contributed by atoms with E-state index >= 15 is 0 Å². The van der Waals surface area contributed by atoms with E-state index in [-0.39, 0.29) is 0 Å². The molecule has 2 saturated carbocycles. The van der Waals surface area contributed by atoms with Crippen LogP contribution in [0.25, 0.3) is 0 Å². The molecule has 0 aromatic heterocycles. The van der Waals surface area contributed by atoms with Gasteiger partial charge in [-0.2, -0.15) is 0 Å². The molecule has 0 N–H and O–H groups in total. The van der Waals surface area contributed by atoms with E-state index in [9.17, 15) is 0 Å². The summed E-state index contributed by atoms with van der Waals surface area (Å²) in [6.45, 7) is 9.45. The van der Waals surface area contributed by atoms with Gasteiger partial charge in [-0.25, -0.2) is 0 Å². The first kappa shape index (κ1) is 17.4. The van der Waals surface area contributed by atoms with E-state index in [1.165, 1.54) is 57.1 Å². The number of allylic oxidation sites excluding steroid dienone is 4. The van der Waals surface area contributed by atoms with Gasteiger partial charge in [-0.1, -0.05) is 43.6 Å². The van der Waals surface area contributed by atoms with Crippen LogP contribution in [0.5, 0.6) is 0 Å². The predicted octanol–water partition coefficient (Wildman–Crippen LogP) is 6.82. The highest BCUT2D eigenvalue weighted by Gasteiger charge is 2.55. The summed E-state index contributed by atoms with van der Waals surface area (Å²) in [5.74, 6) is 4.74. The van der Waals surface area contributed by atoms with Crippen LogP contribution in [0, 0.1) is 29.1 Å². The van der Waals surface area contributed by atoms with Gasteiger partial charge in [-0.3, -0.25) is 0 Å². The summed E-state index contributed by atoms with van der Waals surface area (Å²) >= 11 is 0. The van der Waals surface area contributed by atoms with Crippen LogP contribution in [0.15, 0.2) is 35.1 Å². The molecular formula is C24H36O. The zero-order chi connectivity index (χ0) is 17.6. The highest BCUT2D eigenvalue weighted by molar-refractivity contribution is 5.33. The van der Waals surface area contributed by atoms with E-state index in [2.05, 4.69) is 26.5 Å². The molecular weight excluding hydrogens is 304 g/mol. The predicted molar refractivity (Wildman–Crippen MR) is 105 cm³/mol. The molecule has 5 unspecified atom stereocenters. The average Bonchev–Trinajstić information content (AvgIpc) is 2.98. The second-order valence-corrected chi connectivity index (χ2v) is 9.38. The molecule has 0 bridgehead atoms. The Kier molecular flexibility index (Phi) is 4.63. The van der Waals surface area contributed by atoms with Gasteiger partial charge in [0.1, 0.15) is 0 Å². The SMILES string of the molecule is C=C(CCC)C1CCC2C3CCC4=C(CC=C(OC)C4)C3CCC12C. The summed E-state index contributed by atoms with van der Waals surface area (Å²) in [7, 11) is 1.83. The lowest BCUT2D eigenvalue weighted by Crippen LogP contribution is -2.43. The number of hydrogen-bond acceptors (Lipinski definition) is 1. The van der Waals surface area contributed by atoms with Gasteiger partial charge in [0.25, 0.3) is 0 Å². The Labute approximate surface area is 154 Å². The standard InChI is InChI=1S/C24H36O/c1-5-6-16(2)22-11-12-23-21-9-7-17-15-18(25-4)8-10-19(17)20(21)13-14-24(22,23)3/h8,20-23H,2,5-7,9-15H2,1,3-4H3. The largest absolute Gasteiger partial charge is 0.501 e. The zero-order valence-electron chi connectivity index (χ0n) is 16.6. The third kappa shape index (κ3) is 2.73. The second-order valence-electron chi connectivity index (χ2n) is 9.38. The molecule has 4 rings (SSSR count). The van der Waals surface area contributed by atoms with E-state index in [1.54, 1.807) is 11.1 Å². The van der Waals surface area contributed by atoms with Crippen LogP contribution in [-0.2, 0) is 4.74 Å². The van der Waals surface area contributed by atoms with Gasteiger partial charge in [0.2, 0.25) is 0 Å². The molecule has 25 heavy (non-hydrogen) atoms. The van der Waals surface area contributed by atoms with Crippen LogP contribution >= 0.6 is 0 Å². The molecule has 2 fully saturated rings. The van der Waals surface area contributed by atoms with Gasteiger partial charge >= 0.3 is 0 Å². The van der Waals surface area contributed by atoms with Gasteiger partial charge < -0.3 is 4.74 Å². The average molecular weight is 341 g/mol. The molecule has 5 atom stereocenters. The molecule has 1 heteroatoms. The minimum Gasteiger partial charge on any atom is -0.501 e. The normalized spacial score (nSPS) is 40.0. The molecule has 0 spiro atoms. The lowest BCUT2D eigenvalue weighted by atomic mass is 9.53. The monoisotopic (exact) mass is 340 g/mol. The first-order valence-corrected chi connectivity index (χ1v) is 10.7. The number of hydrogen-bond donors (Lipinski definition) is 0. The third-order valence-electron chi connectivity index (χ3n) is 8.38. The van der Waals surface area contributed by atoms with Crippen molar-refractivity contribution < 1.29 is 4.74 Å². The Bertz CT molecular complexity index is 610. The topological polar surface area (TPSA) is 9.23 Å². The van der Waals surface area contributed by atoms with Gasteiger partial charge in [0.05, 0.1) is 12.9 Å². The molecule has 0 aliphatic heterocycles. The maximum Gasteiger partial charge on any atom is 0.0959 e. The first-order valence-electron chi connectivity index (χ1n) is 10.7. The number of methoxy groups -OCH3 is 1. The molecule has 4 aliphatic carbocycles. The molecule has 0 aromatic rings. The van der Waals surface area contributed by atoms with Crippen molar-refractivity contribution in [1.82, 2.24) is 0 Å². The molecule has 4 aliphatic rings. The van der Waals surface area contributed by atoms with E-state index in [0.29, 0.717) is 5.41 Å². The van der Waals surface area contributed by atoms with E-state index < -0.39 is 0 Å². The highest BCUT2D eigenvalue weighted by Crippen LogP contribution is 2.64. The lowest BCUT2D eigenvalue weighted by Gasteiger charge is -2.52. The van der Waals surface area contributed by atoms with Gasteiger partial charge in [-0.15, -0.1) is 0 Å². The summed E-state index contributed by atoms with van der Waals surface area (Å²) in [5, 5.41) is 0. The highest BCUT2D eigenvalue weighted by atomic mass is 16.5. The van der Waals surface area contributed by atoms with Crippen molar-refractivity contribution >= 4 is 0 Å². The van der Waals surface area contributed by atoms with E-state index in [1.807, 2.05) is 12.7 Å². The maximum absolute atomic E-state index is 5.54. The van der Waals surface area contributed by atoms with Crippen molar-refractivity contribution in [3.63, 3.8) is 0 Å². The molecule has 0 amide bonds. The minimum atomic E-state index is 0.535. The Morgan fingerprint density at radius 2 is 2.12 bits per heavy atom. The van der Waals surface area contributed by atoms with Crippen LogP contribution in [-0.4, -0.2) is 7.11 Å².